The van der Waals surface area contributed by atoms with Crippen molar-refractivity contribution in [3.8, 4) is 5.75 Å². The number of allylic oxidation sites excluding steroid dienone is 1. The molecule has 0 aliphatic carbocycles. The fourth-order valence-corrected chi connectivity index (χ4v) is 4.31. The molecule has 39 heavy (non-hydrogen) atoms. The average Bonchev–Trinajstić information content (AvgIpc) is 3.31. The minimum Gasteiger partial charge on any atom is -0.492 e. The van der Waals surface area contributed by atoms with E-state index in [1.807, 2.05) is 43.3 Å². The number of carbonyl (C=O) groups is 1. The number of hydrogen-bond donors (Lipinski definition) is 2. The zero-order valence-corrected chi connectivity index (χ0v) is 22.3. The predicted molar refractivity (Wildman–Crippen MR) is 151 cm³/mol. The lowest BCUT2D eigenvalue weighted by Crippen LogP contribution is -2.22. The number of halogens is 2. The van der Waals surface area contributed by atoms with Gasteiger partial charge < -0.3 is 15.0 Å². The van der Waals surface area contributed by atoms with E-state index in [1.165, 1.54) is 23.1 Å². The molecule has 0 aliphatic rings. The lowest BCUT2D eigenvalue weighted by Gasteiger charge is -2.17. The van der Waals surface area contributed by atoms with Gasteiger partial charge in [0, 0.05) is 33.3 Å². The number of nitrogens with one attached hydrogen (secondary N) is 2. The molecule has 2 N–H and O–H groups in total. The number of aromatic nitrogens is 2. The molecule has 1 amide bonds. The second-order valence-corrected chi connectivity index (χ2v) is 9.20. The molecule has 0 aliphatic heterocycles. The van der Waals surface area contributed by atoms with E-state index in [9.17, 15) is 13.6 Å². The summed E-state index contributed by atoms with van der Waals surface area (Å²) in [7, 11) is 3.42. The van der Waals surface area contributed by atoms with Crippen LogP contribution >= 0.6 is 0 Å². The van der Waals surface area contributed by atoms with Crippen molar-refractivity contribution in [1.82, 2.24) is 20.4 Å². The fourth-order valence-electron chi connectivity index (χ4n) is 4.31. The van der Waals surface area contributed by atoms with Crippen molar-refractivity contribution in [1.29, 1.82) is 0 Å². The van der Waals surface area contributed by atoms with E-state index in [1.54, 1.807) is 38.4 Å². The number of aromatic amines is 1. The smallest absolute Gasteiger partial charge is 0.245 e. The lowest BCUT2D eigenvalue weighted by atomic mass is 9.88. The van der Waals surface area contributed by atoms with Crippen molar-refractivity contribution in [3.63, 3.8) is 0 Å². The molecule has 6 nitrogen and oxygen atoms in total. The van der Waals surface area contributed by atoms with Crippen LogP contribution in [-0.4, -0.2) is 54.8 Å². The molecule has 0 bridgehead atoms. The normalized spacial score (nSPS) is 12.1. The Balaban J connectivity index is 1.55. The monoisotopic (exact) mass is 530 g/mol. The number of amides is 1. The Morgan fingerprint density at radius 1 is 1.03 bits per heavy atom. The summed E-state index contributed by atoms with van der Waals surface area (Å²) < 4.78 is 34.4. The first-order valence-electron chi connectivity index (χ1n) is 12.8. The summed E-state index contributed by atoms with van der Waals surface area (Å²) in [5.74, 6) is -0.225. The van der Waals surface area contributed by atoms with Crippen LogP contribution in [0.1, 0.15) is 30.0 Å². The van der Waals surface area contributed by atoms with Crippen molar-refractivity contribution in [3.05, 3.63) is 107 Å². The Bertz CT molecular complexity index is 1490. The molecule has 0 saturated carbocycles. The summed E-state index contributed by atoms with van der Waals surface area (Å²) in [5, 5.41) is 9.98. The van der Waals surface area contributed by atoms with Crippen molar-refractivity contribution >= 4 is 28.0 Å². The Morgan fingerprint density at radius 3 is 2.51 bits per heavy atom. The first-order chi connectivity index (χ1) is 18.9. The van der Waals surface area contributed by atoms with Crippen LogP contribution in [-0.2, 0) is 4.79 Å². The summed E-state index contributed by atoms with van der Waals surface area (Å²) >= 11 is 0. The SMILES string of the molecule is CC/C(=C(/c1ccc(OCCNC/C=C/C(=O)N(C)C)cc1)c1ccc2[nH]nc(F)c2c1)c1cccc(F)c1. The van der Waals surface area contributed by atoms with Gasteiger partial charge in [0.2, 0.25) is 11.9 Å². The van der Waals surface area contributed by atoms with Crippen molar-refractivity contribution in [2.24, 2.45) is 0 Å². The standard InChI is InChI=1S/C31H32F2N4O2/c1-4-26(22-7-5-8-24(32)19-22)30(23-12-15-28-27(20-23)31(33)36-35-28)21-10-13-25(14-11-21)39-18-17-34-16-6-9-29(38)37(2)3/h5-15,19-20,34H,4,16-18H2,1-3H3,(H,35,36)/b9-6+,30-26+. The summed E-state index contributed by atoms with van der Waals surface area (Å²) in [6, 6.07) is 19.7. The number of nitrogens with zero attached hydrogens (tertiary/aromatic N) is 2. The van der Waals surface area contributed by atoms with Crippen molar-refractivity contribution < 1.29 is 18.3 Å². The van der Waals surface area contributed by atoms with Crippen LogP contribution in [0.4, 0.5) is 8.78 Å². The predicted octanol–water partition coefficient (Wildman–Crippen LogP) is 5.82. The summed E-state index contributed by atoms with van der Waals surface area (Å²) in [5.41, 5.74) is 4.92. The lowest BCUT2D eigenvalue weighted by molar-refractivity contribution is -0.123. The van der Waals surface area contributed by atoms with Gasteiger partial charge >= 0.3 is 0 Å². The van der Waals surface area contributed by atoms with Crippen molar-refractivity contribution in [2.45, 2.75) is 13.3 Å². The van der Waals surface area contributed by atoms with E-state index in [4.69, 9.17) is 4.74 Å². The second kappa shape index (κ2) is 13.0. The Kier molecular flexibility index (Phi) is 9.22. The summed E-state index contributed by atoms with van der Waals surface area (Å²) in [4.78, 5) is 13.1. The molecule has 0 spiro atoms. The molecule has 8 heteroatoms. The fraction of sp³-hybridized carbons (Fsp3) is 0.226. The average molecular weight is 531 g/mol. The molecule has 202 valence electrons. The number of benzene rings is 3. The molecule has 0 unspecified atom stereocenters. The van der Waals surface area contributed by atoms with E-state index < -0.39 is 5.95 Å². The number of likely N-dealkylation sites (N-methyl/N-ethyl adjacent to an activating group) is 1. The number of ether oxygens (including phenoxy) is 1. The maximum Gasteiger partial charge on any atom is 0.245 e. The summed E-state index contributed by atoms with van der Waals surface area (Å²) in [6.07, 6.45) is 3.95. The molecular formula is C31H32F2N4O2. The Morgan fingerprint density at radius 2 is 1.79 bits per heavy atom. The molecule has 1 heterocycles. The molecule has 4 rings (SSSR count). The third-order valence-corrected chi connectivity index (χ3v) is 6.29. The zero-order chi connectivity index (χ0) is 27.8. The largest absolute Gasteiger partial charge is 0.492 e. The van der Waals surface area contributed by atoms with Crippen molar-refractivity contribution in [2.75, 3.05) is 33.8 Å². The molecule has 0 atom stereocenters. The molecule has 4 aromatic rings. The number of carbonyl (C=O) groups excluding carboxylic acids is 1. The van der Waals surface area contributed by atoms with Gasteiger partial charge in [-0.1, -0.05) is 43.3 Å². The maximum absolute atomic E-state index is 14.3. The number of fused-ring (bicyclic) bond motifs is 1. The van der Waals surface area contributed by atoms with Crippen LogP contribution in [0.15, 0.2) is 78.9 Å². The maximum atomic E-state index is 14.3. The van der Waals surface area contributed by atoms with E-state index in [0.717, 1.165) is 27.8 Å². The van der Waals surface area contributed by atoms with Crippen LogP contribution < -0.4 is 10.1 Å². The van der Waals surface area contributed by atoms with Crippen LogP contribution in [0.25, 0.3) is 22.0 Å². The highest BCUT2D eigenvalue weighted by atomic mass is 19.1. The van der Waals surface area contributed by atoms with E-state index in [0.29, 0.717) is 42.8 Å². The zero-order valence-electron chi connectivity index (χ0n) is 22.3. The summed E-state index contributed by atoms with van der Waals surface area (Å²) in [6.45, 7) is 3.66. The minimum atomic E-state index is -0.563. The minimum absolute atomic E-state index is 0.0555. The van der Waals surface area contributed by atoms with Gasteiger partial charge in [-0.2, -0.15) is 4.39 Å². The first kappa shape index (κ1) is 27.7. The van der Waals surface area contributed by atoms with Gasteiger partial charge in [-0.25, -0.2) is 4.39 Å². The third-order valence-electron chi connectivity index (χ3n) is 6.29. The van der Waals surface area contributed by atoms with E-state index in [-0.39, 0.29) is 11.7 Å². The molecule has 0 fully saturated rings. The Hall–Kier alpha value is -4.30. The van der Waals surface area contributed by atoms with Gasteiger partial charge in [0.1, 0.15) is 18.2 Å². The number of hydrogen-bond acceptors (Lipinski definition) is 4. The molecule has 3 aromatic carbocycles. The van der Waals surface area contributed by atoms with E-state index in [2.05, 4.69) is 15.5 Å². The number of rotatable bonds is 11. The highest BCUT2D eigenvalue weighted by Gasteiger charge is 2.16. The van der Waals surface area contributed by atoms with Crippen LogP contribution in [0.5, 0.6) is 5.75 Å². The highest BCUT2D eigenvalue weighted by molar-refractivity contribution is 6.00. The third kappa shape index (κ3) is 6.97. The van der Waals surface area contributed by atoms with Gasteiger partial charge in [-0.05, 0) is 70.7 Å². The molecular weight excluding hydrogens is 498 g/mol. The Labute approximate surface area is 227 Å². The molecule has 0 saturated heterocycles. The van der Waals surface area contributed by atoms with Gasteiger partial charge in [-0.3, -0.25) is 9.89 Å². The van der Waals surface area contributed by atoms with Gasteiger partial charge in [0.05, 0.1) is 10.9 Å². The van der Waals surface area contributed by atoms with Crippen LogP contribution in [0.3, 0.4) is 0 Å². The highest BCUT2D eigenvalue weighted by Crippen LogP contribution is 2.36. The topological polar surface area (TPSA) is 70.2 Å². The quantitative estimate of drug-likeness (QED) is 0.146. The van der Waals surface area contributed by atoms with Crippen LogP contribution in [0, 0.1) is 11.8 Å². The number of H-pyrrole nitrogens is 1. The van der Waals surface area contributed by atoms with Gasteiger partial charge in [0.25, 0.3) is 0 Å². The van der Waals surface area contributed by atoms with Gasteiger partial charge in [0.15, 0.2) is 0 Å². The van der Waals surface area contributed by atoms with Gasteiger partial charge in [-0.15, -0.1) is 5.10 Å². The second-order valence-electron chi connectivity index (χ2n) is 9.20. The molecule has 1 aromatic heterocycles. The molecule has 0 radical (unpaired) electrons. The van der Waals surface area contributed by atoms with E-state index >= 15 is 0 Å². The van der Waals surface area contributed by atoms with Crippen LogP contribution in [0.2, 0.25) is 0 Å². The first-order valence-corrected chi connectivity index (χ1v) is 12.8.